The number of ether oxygens (including phenoxy) is 1. The molecule has 0 bridgehead atoms. The number of rotatable bonds is 5. The maximum atomic E-state index is 13.1. The fourth-order valence-electron chi connectivity index (χ4n) is 3.23. The van der Waals surface area contributed by atoms with Crippen molar-refractivity contribution in [2.45, 2.75) is 24.7 Å². The standard InChI is InChI=1S/C18H21NO5S/c1-2-24-16-7-8-17(15-6-4-3-5-14(15)16)25(22,23)19-11-9-13(10-12-19)18(20)21/h3-8,13H,2,9-12H2,1H3,(H,20,21). The minimum Gasteiger partial charge on any atom is -0.493 e. The molecule has 1 fully saturated rings. The number of piperidine rings is 1. The Morgan fingerprint density at radius 2 is 1.80 bits per heavy atom. The molecule has 2 aromatic carbocycles. The van der Waals surface area contributed by atoms with Gasteiger partial charge in [-0.05, 0) is 31.9 Å². The van der Waals surface area contributed by atoms with Gasteiger partial charge in [0.2, 0.25) is 10.0 Å². The fourth-order valence-corrected chi connectivity index (χ4v) is 4.90. The zero-order valence-corrected chi connectivity index (χ0v) is 14.8. The molecule has 0 radical (unpaired) electrons. The SMILES string of the molecule is CCOc1ccc(S(=O)(=O)N2CCC(C(=O)O)CC2)c2ccccc12. The number of carboxylic acid groups (broad SMARTS) is 1. The number of benzene rings is 2. The van der Waals surface area contributed by atoms with Crippen molar-refractivity contribution in [3.8, 4) is 5.75 Å². The predicted octanol–water partition coefficient (Wildman–Crippen LogP) is 2.72. The van der Waals surface area contributed by atoms with Crippen molar-refractivity contribution in [2.75, 3.05) is 19.7 Å². The van der Waals surface area contributed by atoms with E-state index in [2.05, 4.69) is 0 Å². The van der Waals surface area contributed by atoms with Crippen LogP contribution in [0.1, 0.15) is 19.8 Å². The maximum Gasteiger partial charge on any atom is 0.306 e. The van der Waals surface area contributed by atoms with Gasteiger partial charge in [0.1, 0.15) is 5.75 Å². The molecule has 0 atom stereocenters. The summed E-state index contributed by atoms with van der Waals surface area (Å²) in [7, 11) is -3.68. The van der Waals surface area contributed by atoms with Gasteiger partial charge >= 0.3 is 5.97 Å². The molecule has 1 heterocycles. The summed E-state index contributed by atoms with van der Waals surface area (Å²) in [6.07, 6.45) is 0.674. The van der Waals surface area contributed by atoms with Crippen molar-refractivity contribution in [2.24, 2.45) is 5.92 Å². The quantitative estimate of drug-likeness (QED) is 0.883. The molecule has 0 unspecified atom stereocenters. The zero-order chi connectivity index (χ0) is 18.0. The van der Waals surface area contributed by atoms with E-state index in [0.717, 1.165) is 5.39 Å². The number of hydrogen-bond acceptors (Lipinski definition) is 4. The summed E-state index contributed by atoms with van der Waals surface area (Å²) >= 11 is 0. The van der Waals surface area contributed by atoms with Gasteiger partial charge in [-0.25, -0.2) is 8.42 Å². The average Bonchev–Trinajstić information content (AvgIpc) is 2.62. The second-order valence-electron chi connectivity index (χ2n) is 6.06. The molecule has 25 heavy (non-hydrogen) atoms. The monoisotopic (exact) mass is 363 g/mol. The van der Waals surface area contributed by atoms with Crippen LogP contribution in [0, 0.1) is 5.92 Å². The van der Waals surface area contributed by atoms with Gasteiger partial charge in [-0.1, -0.05) is 24.3 Å². The Kier molecular flexibility index (Phi) is 4.96. The van der Waals surface area contributed by atoms with E-state index in [1.807, 2.05) is 19.1 Å². The van der Waals surface area contributed by atoms with Crippen LogP contribution in [-0.2, 0) is 14.8 Å². The van der Waals surface area contributed by atoms with Crippen LogP contribution in [0.25, 0.3) is 10.8 Å². The lowest BCUT2D eigenvalue weighted by Crippen LogP contribution is -2.40. The molecule has 1 aliphatic heterocycles. The van der Waals surface area contributed by atoms with E-state index in [9.17, 15) is 13.2 Å². The molecule has 134 valence electrons. The third-order valence-electron chi connectivity index (χ3n) is 4.56. The van der Waals surface area contributed by atoms with Gasteiger partial charge in [-0.3, -0.25) is 4.79 Å². The highest BCUT2D eigenvalue weighted by atomic mass is 32.2. The Morgan fingerprint density at radius 1 is 1.16 bits per heavy atom. The van der Waals surface area contributed by atoms with Crippen LogP contribution >= 0.6 is 0 Å². The topological polar surface area (TPSA) is 83.9 Å². The Labute approximate surface area is 147 Å². The van der Waals surface area contributed by atoms with E-state index < -0.39 is 21.9 Å². The van der Waals surface area contributed by atoms with Gasteiger partial charge in [-0.2, -0.15) is 4.31 Å². The fraction of sp³-hybridized carbons (Fsp3) is 0.389. The van der Waals surface area contributed by atoms with Crippen LogP contribution in [-0.4, -0.2) is 43.5 Å². The molecule has 7 heteroatoms. The Bertz CT molecular complexity index is 885. The molecule has 2 aromatic rings. The van der Waals surface area contributed by atoms with Gasteiger partial charge < -0.3 is 9.84 Å². The Hall–Kier alpha value is -2.12. The number of carboxylic acids is 1. The van der Waals surface area contributed by atoms with E-state index in [0.29, 0.717) is 30.6 Å². The second kappa shape index (κ2) is 7.01. The summed E-state index contributed by atoms with van der Waals surface area (Å²) in [5.41, 5.74) is 0. The first kappa shape index (κ1) is 17.7. The third kappa shape index (κ3) is 3.34. The third-order valence-corrected chi connectivity index (χ3v) is 6.52. The molecule has 0 amide bonds. The van der Waals surface area contributed by atoms with E-state index in [1.54, 1.807) is 24.3 Å². The molecule has 1 saturated heterocycles. The van der Waals surface area contributed by atoms with Gasteiger partial charge in [-0.15, -0.1) is 0 Å². The summed E-state index contributed by atoms with van der Waals surface area (Å²) in [6, 6.07) is 10.5. The zero-order valence-electron chi connectivity index (χ0n) is 14.0. The lowest BCUT2D eigenvalue weighted by Gasteiger charge is -2.29. The minimum atomic E-state index is -3.68. The van der Waals surface area contributed by atoms with Gasteiger partial charge in [0, 0.05) is 23.9 Å². The summed E-state index contributed by atoms with van der Waals surface area (Å²) < 4.78 is 33.2. The minimum absolute atomic E-state index is 0.223. The molecular weight excluding hydrogens is 342 g/mol. The van der Waals surface area contributed by atoms with Crippen molar-refractivity contribution < 1.29 is 23.1 Å². The van der Waals surface area contributed by atoms with Crippen LogP contribution in [0.15, 0.2) is 41.3 Å². The van der Waals surface area contributed by atoms with Gasteiger partial charge in [0.25, 0.3) is 0 Å². The summed E-state index contributed by atoms with van der Waals surface area (Å²) in [5.74, 6) is -0.672. The van der Waals surface area contributed by atoms with E-state index in [-0.39, 0.29) is 18.0 Å². The highest BCUT2D eigenvalue weighted by Crippen LogP contribution is 2.33. The van der Waals surface area contributed by atoms with Gasteiger partial charge in [0.05, 0.1) is 17.4 Å². The molecule has 0 spiro atoms. The average molecular weight is 363 g/mol. The number of nitrogens with zero attached hydrogens (tertiary/aromatic N) is 1. The molecule has 0 aromatic heterocycles. The number of carbonyl (C=O) groups is 1. The van der Waals surface area contributed by atoms with Crippen LogP contribution in [0.4, 0.5) is 0 Å². The predicted molar refractivity (Wildman–Crippen MR) is 94.2 cm³/mol. The maximum absolute atomic E-state index is 13.1. The lowest BCUT2D eigenvalue weighted by molar-refractivity contribution is -0.142. The highest BCUT2D eigenvalue weighted by Gasteiger charge is 2.33. The normalized spacial score (nSPS) is 16.8. The summed E-state index contributed by atoms with van der Waals surface area (Å²) in [5, 5.41) is 10.5. The van der Waals surface area contributed by atoms with Crippen molar-refractivity contribution in [3.63, 3.8) is 0 Å². The first-order chi connectivity index (χ1) is 11.9. The largest absolute Gasteiger partial charge is 0.493 e. The first-order valence-electron chi connectivity index (χ1n) is 8.32. The van der Waals surface area contributed by atoms with Crippen molar-refractivity contribution in [1.29, 1.82) is 0 Å². The van der Waals surface area contributed by atoms with Crippen molar-refractivity contribution in [1.82, 2.24) is 4.31 Å². The highest BCUT2D eigenvalue weighted by molar-refractivity contribution is 7.89. The first-order valence-corrected chi connectivity index (χ1v) is 9.76. The van der Waals surface area contributed by atoms with Crippen LogP contribution in [0.2, 0.25) is 0 Å². The second-order valence-corrected chi connectivity index (χ2v) is 7.96. The van der Waals surface area contributed by atoms with Crippen molar-refractivity contribution in [3.05, 3.63) is 36.4 Å². The Morgan fingerprint density at radius 3 is 2.40 bits per heavy atom. The molecule has 1 N–H and O–H groups in total. The molecule has 1 aliphatic rings. The summed E-state index contributed by atoms with van der Waals surface area (Å²) in [6.45, 7) is 2.83. The Balaban J connectivity index is 1.98. The van der Waals surface area contributed by atoms with Crippen molar-refractivity contribution >= 4 is 26.8 Å². The van der Waals surface area contributed by atoms with E-state index in [1.165, 1.54) is 4.31 Å². The number of hydrogen-bond donors (Lipinski definition) is 1. The van der Waals surface area contributed by atoms with Gasteiger partial charge in [0.15, 0.2) is 0 Å². The molecule has 0 aliphatic carbocycles. The molecular formula is C18H21NO5S. The number of aliphatic carboxylic acids is 1. The number of fused-ring (bicyclic) bond motifs is 1. The van der Waals surface area contributed by atoms with Crippen LogP contribution in [0.3, 0.4) is 0 Å². The molecule has 0 saturated carbocycles. The van der Waals surface area contributed by atoms with Crippen LogP contribution < -0.4 is 4.74 Å². The smallest absolute Gasteiger partial charge is 0.306 e. The van der Waals surface area contributed by atoms with Crippen LogP contribution in [0.5, 0.6) is 5.75 Å². The summed E-state index contributed by atoms with van der Waals surface area (Å²) in [4.78, 5) is 11.3. The number of sulfonamides is 1. The molecule has 6 nitrogen and oxygen atoms in total. The van der Waals surface area contributed by atoms with E-state index >= 15 is 0 Å². The van der Waals surface area contributed by atoms with E-state index in [4.69, 9.17) is 9.84 Å². The lowest BCUT2D eigenvalue weighted by atomic mass is 9.99. The molecule has 3 rings (SSSR count).